The van der Waals surface area contributed by atoms with Crippen LogP contribution in [0.25, 0.3) is 32.3 Å². The monoisotopic (exact) mass is 1100 g/mol. The highest BCUT2D eigenvalue weighted by Gasteiger charge is 2.43. The van der Waals surface area contributed by atoms with Crippen LogP contribution in [0.5, 0.6) is 0 Å². The predicted molar refractivity (Wildman–Crippen MR) is 356 cm³/mol. The largest absolute Gasteiger partial charge is 0.310 e. The minimum Gasteiger partial charge on any atom is -0.310 e. The highest BCUT2D eigenvalue weighted by atomic mass is 28.3. The van der Waals surface area contributed by atoms with Gasteiger partial charge in [0, 0.05) is 33.5 Å². The molecule has 14 rings (SSSR count). The van der Waals surface area contributed by atoms with Crippen LogP contribution in [0.3, 0.4) is 0 Å². The first-order valence-corrected chi connectivity index (χ1v) is 32.4. The summed E-state index contributed by atoms with van der Waals surface area (Å²) >= 11 is 0. The fourth-order valence-corrected chi connectivity index (χ4v) is 22.7. The van der Waals surface area contributed by atoms with Crippen molar-refractivity contribution in [3.63, 3.8) is 0 Å². The van der Waals surface area contributed by atoms with Gasteiger partial charge in [-0.3, -0.25) is 0 Å². The Kier molecular flexibility index (Phi) is 13.4. The normalized spacial score (nSPS) is 11.5. The van der Waals surface area contributed by atoms with Crippen LogP contribution in [0.4, 0.5) is 34.1 Å². The predicted octanol–water partition coefficient (Wildman–Crippen LogP) is 14.0. The van der Waals surface area contributed by atoms with E-state index >= 15 is 0 Å². The summed E-state index contributed by atoms with van der Waals surface area (Å²) < 4.78 is 0. The molecule has 0 saturated carbocycles. The zero-order chi connectivity index (χ0) is 56.5. The lowest BCUT2D eigenvalue weighted by Gasteiger charge is -2.35. The van der Waals surface area contributed by atoms with Crippen molar-refractivity contribution in [1.29, 1.82) is 10.5 Å². The van der Waals surface area contributed by atoms with E-state index in [0.717, 1.165) is 55.7 Å². The van der Waals surface area contributed by atoms with Crippen LogP contribution < -0.4 is 51.3 Å². The van der Waals surface area contributed by atoms with Gasteiger partial charge in [0.15, 0.2) is 16.1 Å². The molecule has 14 aromatic carbocycles. The molecule has 0 spiro atoms. The quantitative estimate of drug-likeness (QED) is 0.0619. The van der Waals surface area contributed by atoms with E-state index in [2.05, 4.69) is 325 Å². The second-order valence-electron chi connectivity index (χ2n) is 21.4. The SMILES string of the molecule is N#Cc1ccc(N(c2ccc([Si](c3ccccc3)(c3ccccc3)c3ccccc3)cc2)c2ccc3ccc4c(N(c5ccc(C#N)cc5)c5ccc([Si](c6ccccc6)(c6ccccc6)c6ccccc6)cc5)ccc5ccc2c3c54)cc1. The van der Waals surface area contributed by atoms with Crippen molar-refractivity contribution in [2.75, 3.05) is 9.80 Å². The Bertz CT molecular complexity index is 4190. The second kappa shape index (κ2) is 21.9. The van der Waals surface area contributed by atoms with Crippen molar-refractivity contribution >= 4 is 124 Å². The maximum atomic E-state index is 10.0. The van der Waals surface area contributed by atoms with Crippen LogP contribution in [-0.2, 0) is 0 Å². The molecule has 394 valence electrons. The summed E-state index contributed by atoms with van der Waals surface area (Å²) in [4.78, 5) is 4.70. The zero-order valence-electron chi connectivity index (χ0n) is 46.0. The Balaban J connectivity index is 0.944. The minimum atomic E-state index is -2.81. The molecular formula is C78H54N4Si2. The highest BCUT2D eigenvalue weighted by Crippen LogP contribution is 2.47. The topological polar surface area (TPSA) is 54.1 Å². The van der Waals surface area contributed by atoms with Crippen molar-refractivity contribution in [2.24, 2.45) is 0 Å². The average Bonchev–Trinajstić information content (AvgIpc) is 3.66. The van der Waals surface area contributed by atoms with Crippen molar-refractivity contribution in [3.05, 3.63) is 339 Å². The van der Waals surface area contributed by atoms with Crippen LogP contribution >= 0.6 is 0 Å². The second-order valence-corrected chi connectivity index (χ2v) is 29.0. The molecule has 0 aromatic heterocycles. The van der Waals surface area contributed by atoms with E-state index in [0.29, 0.717) is 11.1 Å². The molecule has 0 atom stereocenters. The van der Waals surface area contributed by atoms with E-state index in [1.807, 2.05) is 24.3 Å². The third-order valence-electron chi connectivity index (χ3n) is 17.0. The Morgan fingerprint density at radius 3 is 0.702 bits per heavy atom. The third kappa shape index (κ3) is 8.65. The molecule has 6 heteroatoms. The average molecular weight is 1100 g/mol. The van der Waals surface area contributed by atoms with Gasteiger partial charge in [-0.1, -0.05) is 243 Å². The molecule has 0 aliphatic rings. The molecule has 0 heterocycles. The Morgan fingerprint density at radius 2 is 0.452 bits per heavy atom. The number of hydrogen-bond donors (Lipinski definition) is 0. The van der Waals surface area contributed by atoms with Gasteiger partial charge in [-0.05, 0) is 148 Å². The first-order chi connectivity index (χ1) is 41.6. The third-order valence-corrected chi connectivity index (χ3v) is 26.6. The van der Waals surface area contributed by atoms with Crippen LogP contribution in [-0.4, -0.2) is 16.1 Å². The van der Waals surface area contributed by atoms with E-state index in [-0.39, 0.29) is 0 Å². The Hall–Kier alpha value is -10.9. The number of nitriles is 2. The molecule has 0 fully saturated rings. The summed E-state index contributed by atoms with van der Waals surface area (Å²) in [5.74, 6) is 0. The molecule has 0 aliphatic heterocycles. The van der Waals surface area contributed by atoms with Crippen molar-refractivity contribution in [3.8, 4) is 12.1 Å². The van der Waals surface area contributed by atoms with E-state index in [1.54, 1.807) is 0 Å². The molecule has 0 bridgehead atoms. The molecule has 14 aromatic rings. The van der Waals surface area contributed by atoms with Crippen molar-refractivity contribution in [1.82, 2.24) is 0 Å². The summed E-state index contributed by atoms with van der Waals surface area (Å²) in [7, 11) is -5.62. The lowest BCUT2D eigenvalue weighted by molar-refractivity contribution is 1.29. The lowest BCUT2D eigenvalue weighted by Crippen LogP contribution is -2.74. The van der Waals surface area contributed by atoms with Crippen LogP contribution in [0.1, 0.15) is 11.1 Å². The number of nitrogens with zero attached hydrogens (tertiary/aromatic N) is 4. The zero-order valence-corrected chi connectivity index (χ0v) is 48.0. The molecule has 0 aliphatic carbocycles. The van der Waals surface area contributed by atoms with Crippen LogP contribution in [0, 0.1) is 22.7 Å². The standard InChI is InChI=1S/C78H54N4Si2/c79-55-57-31-39-61(40-32-57)81(63-43-47-71(48-44-63)83(65-19-7-1-8-20-65,66-21-9-2-10-22-66)67-23-11-3-12-24-67)75-53-37-59-36-52-74-76(54-38-60-35-51-73(75)77(59)78(60)74)82(62-41-33-58(56-80)34-42-62)64-45-49-72(50-46-64)84(68-25-13-4-14-26-68,69-27-15-5-16-28-69)70-29-17-6-18-30-70/h1-54H. The maximum absolute atomic E-state index is 10.0. The number of anilines is 6. The van der Waals surface area contributed by atoms with Crippen molar-refractivity contribution in [2.45, 2.75) is 0 Å². The van der Waals surface area contributed by atoms with Gasteiger partial charge in [-0.25, -0.2) is 0 Å². The van der Waals surface area contributed by atoms with Crippen LogP contribution in [0.15, 0.2) is 328 Å². The van der Waals surface area contributed by atoms with Gasteiger partial charge < -0.3 is 9.80 Å². The molecule has 0 amide bonds. The first kappa shape index (κ1) is 51.3. The van der Waals surface area contributed by atoms with E-state index < -0.39 is 16.1 Å². The molecule has 0 unspecified atom stereocenters. The number of benzene rings is 14. The first-order valence-electron chi connectivity index (χ1n) is 28.4. The van der Waals surface area contributed by atoms with Gasteiger partial charge in [-0.2, -0.15) is 10.5 Å². The summed E-state index contributed by atoms with van der Waals surface area (Å²) in [6, 6.07) is 123. The van der Waals surface area contributed by atoms with E-state index in [1.165, 1.54) is 52.3 Å². The highest BCUT2D eigenvalue weighted by molar-refractivity contribution is 7.20. The fraction of sp³-hybridized carbons (Fsp3) is 0. The molecular weight excluding hydrogens is 1050 g/mol. The van der Waals surface area contributed by atoms with Gasteiger partial charge in [0.25, 0.3) is 0 Å². The maximum Gasteiger partial charge on any atom is 0.179 e. The smallest absolute Gasteiger partial charge is 0.179 e. The van der Waals surface area contributed by atoms with Crippen LogP contribution in [0.2, 0.25) is 0 Å². The Labute approximate surface area is 492 Å². The molecule has 4 nitrogen and oxygen atoms in total. The van der Waals surface area contributed by atoms with Gasteiger partial charge >= 0.3 is 0 Å². The van der Waals surface area contributed by atoms with Crippen molar-refractivity contribution < 1.29 is 0 Å². The fourth-order valence-electron chi connectivity index (χ4n) is 13.2. The Morgan fingerprint density at radius 1 is 0.226 bits per heavy atom. The number of hydrogen-bond acceptors (Lipinski definition) is 4. The minimum absolute atomic E-state index is 0.604. The van der Waals surface area contributed by atoms with Gasteiger partial charge in [-0.15, -0.1) is 0 Å². The molecule has 0 radical (unpaired) electrons. The van der Waals surface area contributed by atoms with Gasteiger partial charge in [0.1, 0.15) is 0 Å². The van der Waals surface area contributed by atoms with E-state index in [4.69, 9.17) is 0 Å². The summed E-state index contributed by atoms with van der Waals surface area (Å²) in [5.41, 5.74) is 7.17. The molecule has 84 heavy (non-hydrogen) atoms. The molecule has 0 N–H and O–H groups in total. The summed E-state index contributed by atoms with van der Waals surface area (Å²) in [6.45, 7) is 0. The van der Waals surface area contributed by atoms with Gasteiger partial charge in [0.2, 0.25) is 0 Å². The number of rotatable bonds is 14. The molecule has 0 saturated heterocycles. The summed E-state index contributed by atoms with van der Waals surface area (Å²) in [6.07, 6.45) is 0. The van der Waals surface area contributed by atoms with E-state index in [9.17, 15) is 10.5 Å². The summed E-state index contributed by atoms with van der Waals surface area (Å²) in [5, 5.41) is 37.3. The lowest BCUT2D eigenvalue weighted by atomic mass is 9.91. The van der Waals surface area contributed by atoms with Gasteiger partial charge in [0.05, 0.1) is 34.6 Å².